The molecule has 1 aromatic rings. The Bertz CT molecular complexity index is 464. The molecule has 1 aliphatic heterocycles. The molecule has 3 nitrogen and oxygen atoms in total. The van der Waals surface area contributed by atoms with Gasteiger partial charge in [0.2, 0.25) is 0 Å². The summed E-state index contributed by atoms with van der Waals surface area (Å²) >= 11 is 11.7. The third-order valence-corrected chi connectivity index (χ3v) is 3.80. The highest BCUT2D eigenvalue weighted by Gasteiger charge is 2.43. The molecule has 0 bridgehead atoms. The fraction of sp³-hybridized carbons (Fsp3) is 0.417. The largest absolute Gasteiger partial charge is 0.387 e. The minimum Gasteiger partial charge on any atom is -0.387 e. The zero-order valence-electron chi connectivity index (χ0n) is 8.99. The summed E-state index contributed by atoms with van der Waals surface area (Å²) in [7, 11) is 0. The van der Waals surface area contributed by atoms with E-state index >= 15 is 0 Å². The van der Waals surface area contributed by atoms with Gasteiger partial charge in [0.1, 0.15) is 5.41 Å². The van der Waals surface area contributed by atoms with Gasteiger partial charge in [-0.25, -0.2) is 0 Å². The first-order valence-electron chi connectivity index (χ1n) is 5.21. The number of halogens is 2. The Morgan fingerprint density at radius 3 is 2.71 bits per heavy atom. The fourth-order valence-electron chi connectivity index (χ4n) is 1.95. The Balaban J connectivity index is 2.33. The zero-order chi connectivity index (χ0) is 12.5. The molecule has 1 saturated heterocycles. The molecular formula is C12H11Cl2NO2. The van der Waals surface area contributed by atoms with Crippen LogP contribution in [0.1, 0.15) is 18.1 Å². The minimum absolute atomic E-state index is 0.241. The van der Waals surface area contributed by atoms with E-state index in [1.807, 2.05) is 0 Å². The Labute approximate surface area is 110 Å². The SMILES string of the molecule is N#CC1(C(O)c2ccc(Cl)c(Cl)c2)CCOC1. The van der Waals surface area contributed by atoms with E-state index in [-0.39, 0.29) is 6.61 Å². The summed E-state index contributed by atoms with van der Waals surface area (Å²) in [6.45, 7) is 0.733. The normalized spacial score (nSPS) is 25.5. The van der Waals surface area contributed by atoms with Gasteiger partial charge in [0.15, 0.2) is 0 Å². The van der Waals surface area contributed by atoms with Crippen molar-refractivity contribution in [2.45, 2.75) is 12.5 Å². The second-order valence-electron chi connectivity index (χ2n) is 4.15. The summed E-state index contributed by atoms with van der Waals surface area (Å²) in [5.74, 6) is 0. The molecule has 2 unspecified atom stereocenters. The van der Waals surface area contributed by atoms with E-state index in [4.69, 9.17) is 27.9 Å². The van der Waals surface area contributed by atoms with Crippen LogP contribution in [0.5, 0.6) is 0 Å². The number of rotatable bonds is 2. The van der Waals surface area contributed by atoms with Crippen molar-refractivity contribution in [3.63, 3.8) is 0 Å². The van der Waals surface area contributed by atoms with Gasteiger partial charge in [-0.15, -0.1) is 0 Å². The Hall–Kier alpha value is -0.790. The summed E-state index contributed by atoms with van der Waals surface area (Å²) in [5.41, 5.74) is -0.289. The van der Waals surface area contributed by atoms with Crippen LogP contribution in [0.15, 0.2) is 18.2 Å². The molecule has 2 atom stereocenters. The van der Waals surface area contributed by atoms with Crippen molar-refractivity contribution >= 4 is 23.2 Å². The Morgan fingerprint density at radius 1 is 1.41 bits per heavy atom. The average Bonchev–Trinajstić information content (AvgIpc) is 2.81. The third kappa shape index (κ3) is 2.27. The van der Waals surface area contributed by atoms with Gasteiger partial charge in [0.05, 0.1) is 28.8 Å². The molecule has 0 radical (unpaired) electrons. The van der Waals surface area contributed by atoms with Crippen molar-refractivity contribution in [3.05, 3.63) is 33.8 Å². The monoisotopic (exact) mass is 271 g/mol. The van der Waals surface area contributed by atoms with Crippen LogP contribution >= 0.6 is 23.2 Å². The summed E-state index contributed by atoms with van der Waals surface area (Å²) < 4.78 is 5.21. The van der Waals surface area contributed by atoms with Gasteiger partial charge in [-0.05, 0) is 24.1 Å². The molecule has 2 rings (SSSR count). The van der Waals surface area contributed by atoms with Crippen molar-refractivity contribution in [1.29, 1.82) is 5.26 Å². The molecule has 1 heterocycles. The third-order valence-electron chi connectivity index (χ3n) is 3.06. The van der Waals surface area contributed by atoms with Gasteiger partial charge in [-0.1, -0.05) is 29.3 Å². The van der Waals surface area contributed by atoms with Crippen molar-refractivity contribution in [3.8, 4) is 6.07 Å². The number of ether oxygens (including phenoxy) is 1. The molecule has 5 heteroatoms. The quantitative estimate of drug-likeness (QED) is 0.900. The van der Waals surface area contributed by atoms with E-state index in [0.717, 1.165) is 0 Å². The summed E-state index contributed by atoms with van der Waals surface area (Å²) in [5, 5.41) is 20.3. The lowest BCUT2D eigenvalue weighted by Gasteiger charge is -2.25. The van der Waals surface area contributed by atoms with E-state index in [1.165, 1.54) is 0 Å². The second kappa shape index (κ2) is 4.83. The summed E-state index contributed by atoms with van der Waals surface area (Å²) in [6.07, 6.45) is -0.393. The number of hydrogen-bond acceptors (Lipinski definition) is 3. The lowest BCUT2D eigenvalue weighted by atomic mass is 9.79. The minimum atomic E-state index is -0.912. The van der Waals surface area contributed by atoms with E-state index in [0.29, 0.717) is 28.6 Å². The number of aliphatic hydroxyl groups is 1. The number of hydrogen-bond donors (Lipinski definition) is 1. The predicted molar refractivity (Wildman–Crippen MR) is 64.9 cm³/mol. The number of aliphatic hydroxyl groups excluding tert-OH is 1. The van der Waals surface area contributed by atoms with Crippen LogP contribution in [0, 0.1) is 16.7 Å². The number of nitrogens with zero attached hydrogens (tertiary/aromatic N) is 1. The molecule has 1 N–H and O–H groups in total. The molecule has 1 fully saturated rings. The van der Waals surface area contributed by atoms with Crippen LogP contribution in [0.25, 0.3) is 0 Å². The van der Waals surface area contributed by atoms with E-state index in [1.54, 1.807) is 18.2 Å². The zero-order valence-corrected chi connectivity index (χ0v) is 10.5. The van der Waals surface area contributed by atoms with Crippen LogP contribution in [-0.4, -0.2) is 18.3 Å². The van der Waals surface area contributed by atoms with Crippen molar-refractivity contribution < 1.29 is 9.84 Å². The summed E-state index contributed by atoms with van der Waals surface area (Å²) in [6, 6.07) is 7.04. The molecule has 0 aliphatic carbocycles. The van der Waals surface area contributed by atoms with Crippen molar-refractivity contribution in [1.82, 2.24) is 0 Å². The first kappa shape index (κ1) is 12.7. The predicted octanol–water partition coefficient (Wildman–Crippen LogP) is 2.96. The first-order valence-corrected chi connectivity index (χ1v) is 5.97. The average molecular weight is 272 g/mol. The molecule has 17 heavy (non-hydrogen) atoms. The van der Waals surface area contributed by atoms with Crippen LogP contribution in [0.2, 0.25) is 10.0 Å². The smallest absolute Gasteiger partial charge is 0.113 e. The molecule has 0 aromatic heterocycles. The maximum atomic E-state index is 10.3. The van der Waals surface area contributed by atoms with Gasteiger partial charge >= 0.3 is 0 Å². The maximum absolute atomic E-state index is 10.3. The van der Waals surface area contributed by atoms with Crippen LogP contribution in [0.4, 0.5) is 0 Å². The van der Waals surface area contributed by atoms with Crippen molar-refractivity contribution in [2.24, 2.45) is 5.41 Å². The Morgan fingerprint density at radius 2 is 2.18 bits per heavy atom. The second-order valence-corrected chi connectivity index (χ2v) is 4.96. The highest BCUT2D eigenvalue weighted by molar-refractivity contribution is 6.42. The highest BCUT2D eigenvalue weighted by atomic mass is 35.5. The van der Waals surface area contributed by atoms with Gasteiger partial charge < -0.3 is 9.84 Å². The number of benzene rings is 1. The molecule has 0 spiro atoms. The van der Waals surface area contributed by atoms with Gasteiger partial charge in [0, 0.05) is 6.61 Å². The maximum Gasteiger partial charge on any atom is 0.113 e. The molecular weight excluding hydrogens is 261 g/mol. The first-order chi connectivity index (χ1) is 8.09. The summed E-state index contributed by atoms with van der Waals surface area (Å²) in [4.78, 5) is 0. The van der Waals surface area contributed by atoms with Crippen molar-refractivity contribution in [2.75, 3.05) is 13.2 Å². The highest BCUT2D eigenvalue weighted by Crippen LogP contribution is 2.41. The van der Waals surface area contributed by atoms with Gasteiger partial charge in [-0.2, -0.15) is 5.26 Å². The Kier molecular flexibility index (Phi) is 3.60. The van der Waals surface area contributed by atoms with Gasteiger partial charge in [0.25, 0.3) is 0 Å². The van der Waals surface area contributed by atoms with Crippen LogP contribution in [-0.2, 0) is 4.74 Å². The van der Waals surface area contributed by atoms with E-state index in [2.05, 4.69) is 6.07 Å². The molecule has 1 aromatic carbocycles. The molecule has 0 amide bonds. The van der Waals surface area contributed by atoms with Crippen LogP contribution < -0.4 is 0 Å². The lowest BCUT2D eigenvalue weighted by Crippen LogP contribution is -2.27. The number of nitriles is 1. The molecule has 1 aliphatic rings. The molecule has 0 saturated carbocycles. The van der Waals surface area contributed by atoms with Gasteiger partial charge in [-0.3, -0.25) is 0 Å². The van der Waals surface area contributed by atoms with Crippen LogP contribution in [0.3, 0.4) is 0 Å². The fourth-order valence-corrected chi connectivity index (χ4v) is 2.25. The molecule has 90 valence electrons. The lowest BCUT2D eigenvalue weighted by molar-refractivity contribution is 0.0504. The van der Waals surface area contributed by atoms with E-state index < -0.39 is 11.5 Å². The topological polar surface area (TPSA) is 53.2 Å². The van der Waals surface area contributed by atoms with E-state index in [9.17, 15) is 10.4 Å². The standard InChI is InChI=1S/C12H11Cl2NO2/c13-9-2-1-8(5-10(9)14)11(16)12(6-15)3-4-17-7-12/h1-2,5,11,16H,3-4,7H2.